The van der Waals surface area contributed by atoms with Gasteiger partial charge in [0.25, 0.3) is 27.8 Å². The molecule has 1 aliphatic rings. The van der Waals surface area contributed by atoms with Crippen molar-refractivity contribution in [2.75, 3.05) is 0 Å². The molecule has 11 nitrogen and oxygen atoms in total. The van der Waals surface area contributed by atoms with E-state index >= 15 is 0 Å². The number of hydrogen-bond donors (Lipinski definition) is 2. The molecule has 0 spiro atoms. The summed E-state index contributed by atoms with van der Waals surface area (Å²) in [5.41, 5.74) is 1.08. The minimum absolute atomic E-state index is 0.0895. The van der Waals surface area contributed by atoms with Crippen LogP contribution >= 0.6 is 21.6 Å². The maximum atomic E-state index is 12.7. The molecule has 1 fully saturated rings. The van der Waals surface area contributed by atoms with Gasteiger partial charge >= 0.3 is 6.09 Å². The quantitative estimate of drug-likeness (QED) is 0.319. The van der Waals surface area contributed by atoms with E-state index in [-0.39, 0.29) is 10.6 Å². The van der Waals surface area contributed by atoms with Gasteiger partial charge in [0.05, 0.1) is 12.0 Å². The van der Waals surface area contributed by atoms with Gasteiger partial charge in [-0.25, -0.2) is 9.78 Å². The Labute approximate surface area is 196 Å². The Morgan fingerprint density at radius 1 is 1.24 bits per heavy atom. The van der Waals surface area contributed by atoms with Gasteiger partial charge in [-0.2, -0.15) is 8.42 Å². The Morgan fingerprint density at radius 2 is 2.00 bits per heavy atom. The van der Waals surface area contributed by atoms with Gasteiger partial charge in [0.2, 0.25) is 0 Å². The van der Waals surface area contributed by atoms with Crippen LogP contribution < -0.4 is 5.32 Å². The zero-order chi connectivity index (χ0) is 24.2. The molecule has 3 rings (SSSR count). The number of aromatic nitrogens is 1. The van der Waals surface area contributed by atoms with Crippen LogP contribution in [0.1, 0.15) is 29.3 Å². The van der Waals surface area contributed by atoms with Gasteiger partial charge in [0, 0.05) is 11.1 Å². The number of carbonyl (C=O) groups is 4. The number of pyridine rings is 1. The summed E-state index contributed by atoms with van der Waals surface area (Å²) in [4.78, 5) is 57.8. The topological polar surface area (TPSA) is 160 Å². The van der Waals surface area contributed by atoms with E-state index in [0.717, 1.165) is 5.56 Å². The van der Waals surface area contributed by atoms with E-state index in [1.807, 2.05) is 18.3 Å². The van der Waals surface area contributed by atoms with E-state index in [2.05, 4.69) is 9.82 Å². The standard InChI is InChI=1S/C19H17N3O8S3/c1-2-11-6-7-12(13(9-11)31-32-15-5-3-4-8-20-15)17(24)21-19(26)30-22-16(23)10-14(18(22)25)33(27,28)29/h3-9,14H,2,10H2,1H3,(H,21,24,26)(H,27,28,29). The molecule has 33 heavy (non-hydrogen) atoms. The molecule has 2 heterocycles. The second-order valence-electron chi connectivity index (χ2n) is 6.59. The van der Waals surface area contributed by atoms with Crippen LogP contribution in [0.4, 0.5) is 4.79 Å². The van der Waals surface area contributed by atoms with Crippen LogP contribution in [0.25, 0.3) is 0 Å². The molecule has 2 N–H and O–H groups in total. The molecule has 1 aliphatic heterocycles. The van der Waals surface area contributed by atoms with Gasteiger partial charge in [-0.05, 0) is 47.0 Å². The number of amides is 4. The number of carbonyl (C=O) groups excluding carboxylic acids is 4. The minimum Gasteiger partial charge on any atom is -0.310 e. The van der Waals surface area contributed by atoms with Crippen LogP contribution in [-0.4, -0.2) is 52.1 Å². The van der Waals surface area contributed by atoms with Gasteiger partial charge in [0.1, 0.15) is 5.03 Å². The van der Waals surface area contributed by atoms with Gasteiger partial charge in [-0.15, -0.1) is 0 Å². The highest BCUT2D eigenvalue weighted by Gasteiger charge is 2.48. The zero-order valence-electron chi connectivity index (χ0n) is 17.0. The van der Waals surface area contributed by atoms with Crippen LogP contribution in [0, 0.1) is 0 Å². The second kappa shape index (κ2) is 10.3. The van der Waals surface area contributed by atoms with Crippen LogP contribution in [0.5, 0.6) is 0 Å². The summed E-state index contributed by atoms with van der Waals surface area (Å²) in [6.07, 6.45) is -0.0174. The van der Waals surface area contributed by atoms with Gasteiger partial charge in [0.15, 0.2) is 5.25 Å². The normalized spacial score (nSPS) is 16.1. The fourth-order valence-electron chi connectivity index (χ4n) is 2.70. The lowest BCUT2D eigenvalue weighted by Crippen LogP contribution is -2.41. The average molecular weight is 512 g/mol. The minimum atomic E-state index is -4.86. The van der Waals surface area contributed by atoms with Crippen molar-refractivity contribution >= 4 is 55.5 Å². The molecule has 1 aromatic carbocycles. The largest absolute Gasteiger partial charge is 0.439 e. The van der Waals surface area contributed by atoms with Crippen molar-refractivity contribution in [2.45, 2.75) is 34.9 Å². The predicted molar refractivity (Wildman–Crippen MR) is 118 cm³/mol. The summed E-state index contributed by atoms with van der Waals surface area (Å²) < 4.78 is 31.4. The molecule has 1 unspecified atom stereocenters. The Balaban J connectivity index is 1.71. The van der Waals surface area contributed by atoms with Crippen LogP contribution in [-0.2, 0) is 31.0 Å². The molecule has 4 amide bonds. The van der Waals surface area contributed by atoms with Crippen molar-refractivity contribution in [3.63, 3.8) is 0 Å². The molecule has 0 saturated carbocycles. The second-order valence-corrected chi connectivity index (χ2v) is 10.4. The number of nitrogens with zero attached hydrogens (tertiary/aromatic N) is 2. The maximum Gasteiger partial charge on any atom is 0.439 e. The molecule has 2 aromatic rings. The maximum absolute atomic E-state index is 12.7. The fraction of sp³-hybridized carbons (Fsp3) is 0.211. The first-order valence-corrected chi connectivity index (χ1v) is 13.0. The van der Waals surface area contributed by atoms with Crippen LogP contribution in [0.15, 0.2) is 52.5 Å². The molecule has 0 radical (unpaired) electrons. The molecule has 14 heteroatoms. The highest BCUT2D eigenvalue weighted by atomic mass is 33.1. The number of imide groups is 2. The van der Waals surface area contributed by atoms with E-state index < -0.39 is 45.6 Å². The summed E-state index contributed by atoms with van der Waals surface area (Å²) >= 11 is 0. The third-order valence-electron chi connectivity index (χ3n) is 4.36. The molecule has 1 saturated heterocycles. The smallest absolute Gasteiger partial charge is 0.310 e. The first-order chi connectivity index (χ1) is 15.6. The number of hydroxylamine groups is 2. The highest BCUT2D eigenvalue weighted by Crippen LogP contribution is 2.38. The molecule has 0 bridgehead atoms. The summed E-state index contributed by atoms with van der Waals surface area (Å²) in [5.74, 6) is -3.45. The number of rotatable bonds is 7. The van der Waals surface area contributed by atoms with Crippen molar-refractivity contribution < 1.29 is 37.0 Å². The van der Waals surface area contributed by atoms with Crippen molar-refractivity contribution in [1.29, 1.82) is 0 Å². The van der Waals surface area contributed by atoms with E-state index in [4.69, 9.17) is 4.55 Å². The fourth-order valence-corrected chi connectivity index (χ4v) is 5.51. The third kappa shape index (κ3) is 6.10. The van der Waals surface area contributed by atoms with Crippen molar-refractivity contribution in [3.05, 3.63) is 53.7 Å². The zero-order valence-corrected chi connectivity index (χ0v) is 19.4. The van der Waals surface area contributed by atoms with Gasteiger partial charge in [-0.1, -0.05) is 34.9 Å². The van der Waals surface area contributed by atoms with E-state index in [9.17, 15) is 27.6 Å². The SMILES string of the molecule is CCc1ccc(C(=O)NC(=O)ON2C(=O)CC(S(=O)(=O)O)C2=O)c(SSc2ccccn2)c1. The van der Waals surface area contributed by atoms with Gasteiger partial charge < -0.3 is 4.84 Å². The van der Waals surface area contributed by atoms with Crippen LogP contribution in [0.2, 0.25) is 0 Å². The first kappa shape index (κ1) is 24.7. The number of hydrogen-bond acceptors (Lipinski definition) is 10. The Bertz CT molecular complexity index is 1200. The molecule has 1 atom stereocenters. The lowest BCUT2D eigenvalue weighted by molar-refractivity contribution is -0.171. The molecule has 174 valence electrons. The predicted octanol–water partition coefficient (Wildman–Crippen LogP) is 2.24. The Kier molecular flexibility index (Phi) is 7.73. The number of aryl methyl sites for hydroxylation is 1. The summed E-state index contributed by atoms with van der Waals surface area (Å²) in [6, 6.07) is 10.4. The lowest BCUT2D eigenvalue weighted by atomic mass is 10.1. The Hall–Kier alpha value is -2.94. The van der Waals surface area contributed by atoms with Crippen LogP contribution in [0.3, 0.4) is 0 Å². The Morgan fingerprint density at radius 3 is 2.61 bits per heavy atom. The average Bonchev–Trinajstić information content (AvgIpc) is 3.06. The molecular formula is C19H17N3O8S3. The number of benzene rings is 1. The number of nitrogens with one attached hydrogen (secondary N) is 1. The molecular weight excluding hydrogens is 494 g/mol. The third-order valence-corrected chi connectivity index (χ3v) is 7.77. The summed E-state index contributed by atoms with van der Waals surface area (Å²) in [6.45, 7) is 1.94. The lowest BCUT2D eigenvalue weighted by Gasteiger charge is -2.14. The molecule has 1 aromatic heterocycles. The highest BCUT2D eigenvalue weighted by molar-refractivity contribution is 8.76. The van der Waals surface area contributed by atoms with Crippen molar-refractivity contribution in [2.24, 2.45) is 0 Å². The molecule has 0 aliphatic carbocycles. The van der Waals surface area contributed by atoms with E-state index in [1.54, 1.807) is 30.5 Å². The van der Waals surface area contributed by atoms with Crippen molar-refractivity contribution in [1.82, 2.24) is 15.4 Å². The van der Waals surface area contributed by atoms with E-state index in [0.29, 0.717) is 16.3 Å². The summed E-state index contributed by atoms with van der Waals surface area (Å²) in [5, 5.41) is 0.444. The van der Waals surface area contributed by atoms with Crippen molar-refractivity contribution in [3.8, 4) is 0 Å². The first-order valence-electron chi connectivity index (χ1n) is 9.35. The van der Waals surface area contributed by atoms with Gasteiger partial charge in [-0.3, -0.25) is 24.3 Å². The van der Waals surface area contributed by atoms with E-state index in [1.165, 1.54) is 27.7 Å². The monoisotopic (exact) mass is 511 g/mol. The summed E-state index contributed by atoms with van der Waals surface area (Å²) in [7, 11) is -2.31.